The smallest absolute Gasteiger partial charge is 0.335 e. The van der Waals surface area contributed by atoms with Crippen molar-refractivity contribution in [1.29, 1.82) is 0 Å². The van der Waals surface area contributed by atoms with E-state index >= 15 is 0 Å². The number of carboxylic acids is 1. The Morgan fingerprint density at radius 3 is 2.62 bits per heavy atom. The molecule has 1 heterocycles. The molecule has 2 aromatic rings. The van der Waals surface area contributed by atoms with E-state index in [2.05, 4.69) is 4.57 Å². The maximum absolute atomic E-state index is 10.8. The summed E-state index contributed by atoms with van der Waals surface area (Å²) in [6.07, 6.45) is 4.85. The van der Waals surface area contributed by atoms with Gasteiger partial charge in [0, 0.05) is 18.9 Å². The molecule has 0 atom stereocenters. The second kappa shape index (κ2) is 4.66. The fourth-order valence-electron chi connectivity index (χ4n) is 1.64. The lowest BCUT2D eigenvalue weighted by molar-refractivity contribution is 0.0697. The Kier molecular flexibility index (Phi) is 3.05. The number of benzene rings is 1. The van der Waals surface area contributed by atoms with Gasteiger partial charge in [-0.3, -0.25) is 0 Å². The van der Waals surface area contributed by atoms with E-state index < -0.39 is 5.97 Å². The van der Waals surface area contributed by atoms with Gasteiger partial charge in [0.1, 0.15) is 0 Å². The molecule has 1 N–H and O–H groups in total. The van der Waals surface area contributed by atoms with Crippen molar-refractivity contribution in [1.82, 2.24) is 4.57 Å². The van der Waals surface area contributed by atoms with Gasteiger partial charge in [0.25, 0.3) is 0 Å². The van der Waals surface area contributed by atoms with Crippen LogP contribution in [0.15, 0.2) is 48.8 Å². The highest BCUT2D eigenvalue weighted by atomic mass is 16.4. The van der Waals surface area contributed by atoms with Crippen LogP contribution < -0.4 is 0 Å². The third-order valence-electron chi connectivity index (χ3n) is 2.50. The fraction of sp³-hybridized carbons (Fsp3) is 0.154. The number of aromatic carboxylic acids is 1. The van der Waals surface area contributed by atoms with Crippen molar-refractivity contribution in [2.24, 2.45) is 0 Å². The summed E-state index contributed by atoms with van der Waals surface area (Å²) in [6.45, 7) is 0.871. The van der Waals surface area contributed by atoms with Crippen molar-refractivity contribution in [3.63, 3.8) is 0 Å². The van der Waals surface area contributed by atoms with Gasteiger partial charge in [-0.15, -0.1) is 0 Å². The molecule has 1 aromatic carbocycles. The van der Waals surface area contributed by atoms with Gasteiger partial charge in [0.05, 0.1) is 5.56 Å². The van der Waals surface area contributed by atoms with Crippen LogP contribution in [0.2, 0.25) is 0 Å². The third kappa shape index (κ3) is 2.51. The number of nitrogens with zero attached hydrogens (tertiary/aromatic N) is 1. The summed E-state index contributed by atoms with van der Waals surface area (Å²) in [6, 6.07) is 11.0. The molecule has 0 bridgehead atoms. The number of hydrogen-bond donors (Lipinski definition) is 1. The van der Waals surface area contributed by atoms with Crippen LogP contribution >= 0.6 is 0 Å². The lowest BCUT2D eigenvalue weighted by atomic mass is 10.1. The van der Waals surface area contributed by atoms with Crippen LogP contribution in [0.4, 0.5) is 0 Å². The van der Waals surface area contributed by atoms with Gasteiger partial charge in [0.15, 0.2) is 0 Å². The first kappa shape index (κ1) is 10.5. The SMILES string of the molecule is O=C(O)c1cccc(CCn2cccc2)c1. The Labute approximate surface area is 94.0 Å². The zero-order valence-electron chi connectivity index (χ0n) is 8.84. The number of hydrogen-bond acceptors (Lipinski definition) is 1. The van der Waals surface area contributed by atoms with Crippen LogP contribution in [0.5, 0.6) is 0 Å². The lowest BCUT2D eigenvalue weighted by Gasteiger charge is -2.04. The predicted molar refractivity (Wildman–Crippen MR) is 61.5 cm³/mol. The summed E-state index contributed by atoms with van der Waals surface area (Å²) in [5.41, 5.74) is 1.40. The molecule has 0 aliphatic rings. The van der Waals surface area contributed by atoms with Crippen LogP contribution in [-0.2, 0) is 13.0 Å². The van der Waals surface area contributed by atoms with Gasteiger partial charge < -0.3 is 9.67 Å². The second-order valence-corrected chi connectivity index (χ2v) is 3.68. The first-order valence-corrected chi connectivity index (χ1v) is 5.19. The van der Waals surface area contributed by atoms with Crippen molar-refractivity contribution >= 4 is 5.97 Å². The Hall–Kier alpha value is -2.03. The molecule has 0 radical (unpaired) electrons. The summed E-state index contributed by atoms with van der Waals surface area (Å²) in [7, 11) is 0. The minimum absolute atomic E-state index is 0.352. The van der Waals surface area contributed by atoms with Gasteiger partial charge in [-0.25, -0.2) is 4.79 Å². The Bertz CT molecular complexity index is 474. The molecule has 16 heavy (non-hydrogen) atoms. The van der Waals surface area contributed by atoms with Crippen molar-refractivity contribution in [2.45, 2.75) is 13.0 Å². The van der Waals surface area contributed by atoms with Crippen molar-refractivity contribution in [2.75, 3.05) is 0 Å². The van der Waals surface area contributed by atoms with Crippen molar-refractivity contribution < 1.29 is 9.90 Å². The first-order valence-electron chi connectivity index (χ1n) is 5.19. The summed E-state index contributed by atoms with van der Waals surface area (Å²) in [5.74, 6) is -0.872. The molecule has 3 nitrogen and oxygen atoms in total. The van der Waals surface area contributed by atoms with Crippen LogP contribution in [0, 0.1) is 0 Å². The van der Waals surface area contributed by atoms with E-state index in [9.17, 15) is 4.79 Å². The van der Waals surface area contributed by atoms with E-state index in [1.165, 1.54) is 0 Å². The van der Waals surface area contributed by atoms with E-state index in [0.717, 1.165) is 18.5 Å². The predicted octanol–water partition coefficient (Wildman–Crippen LogP) is 2.43. The summed E-state index contributed by atoms with van der Waals surface area (Å²) in [4.78, 5) is 10.8. The molecule has 0 aliphatic heterocycles. The zero-order valence-corrected chi connectivity index (χ0v) is 8.84. The number of aryl methyl sites for hydroxylation is 2. The molecule has 0 saturated carbocycles. The molecule has 0 amide bonds. The molecular formula is C13H13NO2. The van der Waals surface area contributed by atoms with E-state index in [1.54, 1.807) is 18.2 Å². The number of rotatable bonds is 4. The quantitative estimate of drug-likeness (QED) is 0.851. The third-order valence-corrected chi connectivity index (χ3v) is 2.50. The lowest BCUT2D eigenvalue weighted by Crippen LogP contribution is -2.01. The second-order valence-electron chi connectivity index (χ2n) is 3.68. The zero-order chi connectivity index (χ0) is 11.4. The highest BCUT2D eigenvalue weighted by Crippen LogP contribution is 2.07. The minimum Gasteiger partial charge on any atom is -0.478 e. The standard InChI is InChI=1S/C13H13NO2/c15-13(16)12-5-3-4-11(10-12)6-9-14-7-1-2-8-14/h1-5,7-8,10H,6,9H2,(H,15,16). The number of carboxylic acid groups (broad SMARTS) is 1. The molecular weight excluding hydrogens is 202 g/mol. The Morgan fingerprint density at radius 2 is 1.94 bits per heavy atom. The fourth-order valence-corrected chi connectivity index (χ4v) is 1.64. The average Bonchev–Trinajstić information content (AvgIpc) is 2.79. The maximum atomic E-state index is 10.8. The maximum Gasteiger partial charge on any atom is 0.335 e. The highest BCUT2D eigenvalue weighted by Gasteiger charge is 2.02. The van der Waals surface area contributed by atoms with E-state index in [4.69, 9.17) is 5.11 Å². The molecule has 2 rings (SSSR count). The van der Waals surface area contributed by atoms with Crippen LogP contribution in [0.25, 0.3) is 0 Å². The average molecular weight is 215 g/mol. The minimum atomic E-state index is -0.872. The van der Waals surface area contributed by atoms with Crippen LogP contribution in [-0.4, -0.2) is 15.6 Å². The largest absolute Gasteiger partial charge is 0.478 e. The van der Waals surface area contributed by atoms with E-state index in [0.29, 0.717) is 5.56 Å². The topological polar surface area (TPSA) is 42.2 Å². The summed E-state index contributed by atoms with van der Waals surface area (Å²) >= 11 is 0. The molecule has 82 valence electrons. The van der Waals surface area contributed by atoms with Crippen molar-refractivity contribution in [3.05, 3.63) is 59.9 Å². The van der Waals surface area contributed by atoms with Crippen LogP contribution in [0.1, 0.15) is 15.9 Å². The molecule has 0 aliphatic carbocycles. The molecule has 3 heteroatoms. The molecule has 1 aromatic heterocycles. The van der Waals surface area contributed by atoms with Gasteiger partial charge in [-0.05, 0) is 36.2 Å². The molecule has 0 saturated heterocycles. The van der Waals surface area contributed by atoms with Gasteiger partial charge in [0.2, 0.25) is 0 Å². The summed E-state index contributed by atoms with van der Waals surface area (Å²) in [5, 5.41) is 8.86. The Balaban J connectivity index is 2.04. The summed E-state index contributed by atoms with van der Waals surface area (Å²) < 4.78 is 2.08. The molecule has 0 unspecified atom stereocenters. The van der Waals surface area contributed by atoms with E-state index in [1.807, 2.05) is 30.6 Å². The monoisotopic (exact) mass is 215 g/mol. The number of aromatic nitrogens is 1. The Morgan fingerprint density at radius 1 is 1.19 bits per heavy atom. The van der Waals surface area contributed by atoms with Crippen molar-refractivity contribution in [3.8, 4) is 0 Å². The van der Waals surface area contributed by atoms with E-state index in [-0.39, 0.29) is 0 Å². The van der Waals surface area contributed by atoms with Crippen LogP contribution in [0.3, 0.4) is 0 Å². The van der Waals surface area contributed by atoms with Gasteiger partial charge >= 0.3 is 5.97 Å². The van der Waals surface area contributed by atoms with Gasteiger partial charge in [-0.1, -0.05) is 12.1 Å². The normalized spacial score (nSPS) is 10.2. The highest BCUT2D eigenvalue weighted by molar-refractivity contribution is 5.87. The first-order chi connectivity index (χ1) is 7.75. The molecule has 0 fully saturated rings. The number of carbonyl (C=O) groups is 1. The molecule has 0 spiro atoms. The van der Waals surface area contributed by atoms with Gasteiger partial charge in [-0.2, -0.15) is 0 Å².